The Kier molecular flexibility index (Phi) is 12.9. The Morgan fingerprint density at radius 2 is 0.771 bits per heavy atom. The molecular formula is C90H73BN4S. The summed E-state index contributed by atoms with van der Waals surface area (Å²) in [4.78, 5) is 5.39. The maximum atomic E-state index is 2.71. The van der Waals surface area contributed by atoms with E-state index in [1.807, 2.05) is 11.3 Å². The molecule has 6 heteroatoms. The molecule has 0 saturated heterocycles. The van der Waals surface area contributed by atoms with Gasteiger partial charge in [0.15, 0.2) is 0 Å². The molecule has 0 amide bonds. The summed E-state index contributed by atoms with van der Waals surface area (Å²) in [5.41, 5.74) is 28.5. The molecule has 2 aliphatic rings. The van der Waals surface area contributed by atoms with E-state index in [9.17, 15) is 0 Å². The lowest BCUT2D eigenvalue weighted by molar-refractivity contribution is 0.569. The van der Waals surface area contributed by atoms with Gasteiger partial charge in [-0.15, -0.1) is 11.3 Å². The zero-order valence-corrected chi connectivity index (χ0v) is 56.6. The number of para-hydroxylation sites is 4. The number of anilines is 6. The summed E-state index contributed by atoms with van der Waals surface area (Å²) in [5.74, 6) is 0. The van der Waals surface area contributed by atoms with Gasteiger partial charge in [-0.2, -0.15) is 0 Å². The van der Waals surface area contributed by atoms with Gasteiger partial charge in [-0.3, -0.25) is 0 Å². The summed E-state index contributed by atoms with van der Waals surface area (Å²) in [6, 6.07) is 106. The highest BCUT2D eigenvalue weighted by atomic mass is 32.1. The van der Waals surface area contributed by atoms with Gasteiger partial charge in [-0.1, -0.05) is 263 Å². The van der Waals surface area contributed by atoms with Gasteiger partial charge in [0.2, 0.25) is 0 Å². The number of fused-ring (bicyclic) bond motifs is 13. The van der Waals surface area contributed by atoms with E-state index in [2.05, 4.69) is 360 Å². The normalized spacial score (nSPS) is 13.2. The van der Waals surface area contributed by atoms with E-state index < -0.39 is 0 Å². The first kappa shape index (κ1) is 58.0. The van der Waals surface area contributed by atoms with Gasteiger partial charge in [0.05, 0.1) is 38.1 Å². The highest BCUT2D eigenvalue weighted by molar-refractivity contribution is 7.26. The zero-order valence-electron chi connectivity index (χ0n) is 55.8. The van der Waals surface area contributed by atoms with E-state index in [1.165, 1.54) is 125 Å². The molecule has 0 saturated carbocycles. The lowest BCUT2D eigenvalue weighted by atomic mass is 9.33. The molecule has 0 unspecified atom stereocenters. The summed E-state index contributed by atoms with van der Waals surface area (Å²) in [7, 11) is 0. The van der Waals surface area contributed by atoms with Crippen molar-refractivity contribution in [2.75, 3.05) is 9.80 Å². The number of benzene rings is 13. The molecule has 4 nitrogen and oxygen atoms in total. The van der Waals surface area contributed by atoms with Crippen LogP contribution in [0.1, 0.15) is 79.0 Å². The highest BCUT2D eigenvalue weighted by Gasteiger charge is 2.46. The average Bonchev–Trinajstić information content (AvgIpc) is 0.871. The van der Waals surface area contributed by atoms with Gasteiger partial charge >= 0.3 is 0 Å². The van der Waals surface area contributed by atoms with Crippen LogP contribution in [0.2, 0.25) is 0 Å². The van der Waals surface area contributed by atoms with Gasteiger partial charge < -0.3 is 18.9 Å². The summed E-state index contributed by atoms with van der Waals surface area (Å²) in [5, 5.41) is 7.45. The van der Waals surface area contributed by atoms with Crippen molar-refractivity contribution in [1.82, 2.24) is 9.13 Å². The third kappa shape index (κ3) is 9.02. The minimum absolute atomic E-state index is 0.0595. The molecule has 0 spiro atoms. The molecule has 2 aliphatic heterocycles. The number of aromatic nitrogens is 2. The average molecular weight is 1250 g/mol. The fourth-order valence-electron chi connectivity index (χ4n) is 15.8. The maximum absolute atomic E-state index is 2.71. The molecule has 0 N–H and O–H groups in total. The Morgan fingerprint density at radius 3 is 1.36 bits per heavy atom. The molecule has 0 atom stereocenters. The second-order valence-corrected chi connectivity index (χ2v) is 30.8. The standard InChI is InChI=1S/C90H73BN4S/c1-88(2,3)60-47-59(48-61(50-60)89(4,5)6)58-43-45-73-80(49-58)94(77-41-26-38-70-69-35-21-24-42-84(69)96-87(70)77)82-51-62(90(7,8)9)52-83-85(82)91(73)74-46-44-64(53-81(74)95(83)86-65(56-27-13-10-14-28-56)36-25-37-66(86)57-29-15-11-16-30-57)93-76-40-23-20-34-68(76)72-54-78-71(55-79(72)93)67-33-19-22-39-75(67)92(78)63-31-17-12-18-32-63/h10-55H,1-9H3. The Hall–Kier alpha value is -10.7. The van der Waals surface area contributed by atoms with E-state index in [1.54, 1.807) is 0 Å². The van der Waals surface area contributed by atoms with E-state index in [0.29, 0.717) is 0 Å². The Morgan fingerprint density at radius 1 is 0.292 bits per heavy atom. The van der Waals surface area contributed by atoms with Crippen molar-refractivity contribution in [3.63, 3.8) is 0 Å². The number of nitrogens with zero attached hydrogens (tertiary/aromatic N) is 4. The molecular weight excluding hydrogens is 1180 g/mol. The molecule has 16 aromatic rings. The van der Waals surface area contributed by atoms with Crippen molar-refractivity contribution in [3.05, 3.63) is 296 Å². The summed E-state index contributed by atoms with van der Waals surface area (Å²) in [6.45, 7) is 21.1. The zero-order chi connectivity index (χ0) is 65.1. The molecule has 0 bridgehead atoms. The Bertz CT molecular complexity index is 5760. The van der Waals surface area contributed by atoms with Gasteiger partial charge in [-0.25, -0.2) is 0 Å². The molecule has 3 aromatic heterocycles. The summed E-state index contributed by atoms with van der Waals surface area (Å²) >= 11 is 1.91. The minimum Gasteiger partial charge on any atom is -0.310 e. The maximum Gasteiger partial charge on any atom is 0.252 e. The molecule has 462 valence electrons. The quantitative estimate of drug-likeness (QED) is 0.148. The van der Waals surface area contributed by atoms with E-state index >= 15 is 0 Å². The van der Waals surface area contributed by atoms with Crippen molar-refractivity contribution in [2.45, 2.75) is 78.6 Å². The van der Waals surface area contributed by atoms with Gasteiger partial charge in [0.1, 0.15) is 0 Å². The highest BCUT2D eigenvalue weighted by Crippen LogP contribution is 2.54. The Labute approximate surface area is 566 Å². The summed E-state index contributed by atoms with van der Waals surface area (Å²) in [6.07, 6.45) is 0. The Balaban J connectivity index is 0.977. The van der Waals surface area contributed by atoms with Crippen LogP contribution in [-0.4, -0.2) is 15.8 Å². The number of rotatable bonds is 7. The second-order valence-electron chi connectivity index (χ2n) is 29.7. The monoisotopic (exact) mass is 1250 g/mol. The van der Waals surface area contributed by atoms with Gasteiger partial charge in [0.25, 0.3) is 6.71 Å². The molecule has 0 radical (unpaired) electrons. The lowest BCUT2D eigenvalue weighted by Gasteiger charge is -2.46. The SMILES string of the molecule is CC(C)(C)c1cc(-c2ccc3c(c2)N(c2cccc4c2sc2ccccc24)c2cc(C(C)(C)C)cc4c2B3c2ccc(-n3c5ccccc5c5cc6c(cc53)c3ccccc3n6-c3ccccc3)cc2N4c2c(-c3ccccc3)cccc2-c2ccccc2)cc(C(C)(C)C)c1. The number of hydrogen-bond donors (Lipinski definition) is 0. The fraction of sp³-hybridized carbons (Fsp3) is 0.133. The molecule has 13 aromatic carbocycles. The molecule has 96 heavy (non-hydrogen) atoms. The first-order valence-corrected chi connectivity index (χ1v) is 34.7. The predicted octanol–water partition coefficient (Wildman–Crippen LogP) is 23.2. The molecule has 0 fully saturated rings. The second kappa shape index (κ2) is 21.4. The van der Waals surface area contributed by atoms with Crippen molar-refractivity contribution in [1.29, 1.82) is 0 Å². The largest absolute Gasteiger partial charge is 0.310 e. The van der Waals surface area contributed by atoms with E-state index in [4.69, 9.17) is 0 Å². The van der Waals surface area contributed by atoms with Crippen LogP contribution < -0.4 is 26.2 Å². The van der Waals surface area contributed by atoms with Crippen LogP contribution in [0.3, 0.4) is 0 Å². The molecule has 0 aliphatic carbocycles. The number of thiophene rings is 1. The van der Waals surface area contributed by atoms with E-state index in [0.717, 1.165) is 50.5 Å². The smallest absolute Gasteiger partial charge is 0.252 e. The van der Waals surface area contributed by atoms with Crippen molar-refractivity contribution >= 4 is 132 Å². The first-order valence-electron chi connectivity index (χ1n) is 33.9. The van der Waals surface area contributed by atoms with Gasteiger partial charge in [0, 0.05) is 82.3 Å². The van der Waals surface area contributed by atoms with Crippen LogP contribution in [0.15, 0.2) is 279 Å². The van der Waals surface area contributed by atoms with Crippen LogP contribution in [0.5, 0.6) is 0 Å². The molecule has 18 rings (SSSR count). The topological polar surface area (TPSA) is 16.3 Å². The van der Waals surface area contributed by atoms with Crippen LogP contribution in [0.25, 0.3) is 109 Å². The third-order valence-electron chi connectivity index (χ3n) is 20.7. The lowest BCUT2D eigenvalue weighted by Crippen LogP contribution is -2.61. The first-order chi connectivity index (χ1) is 46.5. The third-order valence-corrected chi connectivity index (χ3v) is 21.9. The fourth-order valence-corrected chi connectivity index (χ4v) is 17.1. The van der Waals surface area contributed by atoms with Crippen LogP contribution in [0, 0.1) is 0 Å². The van der Waals surface area contributed by atoms with Crippen LogP contribution in [0.4, 0.5) is 34.1 Å². The summed E-state index contributed by atoms with van der Waals surface area (Å²) < 4.78 is 7.56. The van der Waals surface area contributed by atoms with Crippen LogP contribution in [-0.2, 0) is 16.2 Å². The van der Waals surface area contributed by atoms with Crippen molar-refractivity contribution < 1.29 is 0 Å². The molecule has 5 heterocycles. The van der Waals surface area contributed by atoms with Crippen molar-refractivity contribution in [2.24, 2.45) is 0 Å². The number of hydrogen-bond acceptors (Lipinski definition) is 3. The van der Waals surface area contributed by atoms with Crippen LogP contribution >= 0.6 is 11.3 Å². The van der Waals surface area contributed by atoms with E-state index in [-0.39, 0.29) is 23.0 Å². The van der Waals surface area contributed by atoms with Crippen molar-refractivity contribution in [3.8, 4) is 44.8 Å². The van der Waals surface area contributed by atoms with Gasteiger partial charge in [-0.05, 0) is 150 Å². The predicted molar refractivity (Wildman–Crippen MR) is 414 cm³/mol. The minimum atomic E-state index is -0.262.